The van der Waals surface area contributed by atoms with Crippen LogP contribution in [0.1, 0.15) is 35.7 Å². The van der Waals surface area contributed by atoms with E-state index in [4.69, 9.17) is 4.74 Å². The van der Waals surface area contributed by atoms with Crippen LogP contribution in [0.2, 0.25) is 0 Å². The van der Waals surface area contributed by atoms with Crippen molar-refractivity contribution in [2.45, 2.75) is 32.7 Å². The van der Waals surface area contributed by atoms with Crippen LogP contribution < -0.4 is 4.80 Å². The van der Waals surface area contributed by atoms with E-state index in [0.717, 1.165) is 29.5 Å². The van der Waals surface area contributed by atoms with Crippen LogP contribution in [0, 0.1) is 0 Å². The Kier molecular flexibility index (Phi) is 6.19. The summed E-state index contributed by atoms with van der Waals surface area (Å²) in [6.45, 7) is 2.19. The lowest BCUT2D eigenvalue weighted by molar-refractivity contribution is -0.141. The minimum Gasteiger partial charge on any atom is -0.468 e. The number of nitrogens with zero attached hydrogens (tertiary/aromatic N) is 2. The van der Waals surface area contributed by atoms with Gasteiger partial charge in [0.1, 0.15) is 6.54 Å². The van der Waals surface area contributed by atoms with Crippen LogP contribution in [0.15, 0.2) is 53.5 Å². The largest absolute Gasteiger partial charge is 0.468 e. The van der Waals surface area contributed by atoms with Crippen LogP contribution in [0.25, 0.3) is 10.2 Å². The molecule has 1 aromatic heterocycles. The number of esters is 1. The molecule has 5 nitrogen and oxygen atoms in total. The fraction of sp³-hybridized carbons (Fsp3) is 0.286. The molecule has 6 heteroatoms. The number of amides is 1. The molecule has 1 heterocycles. The van der Waals surface area contributed by atoms with Gasteiger partial charge in [0.05, 0.1) is 17.3 Å². The summed E-state index contributed by atoms with van der Waals surface area (Å²) in [5, 5.41) is 0. The molecule has 0 atom stereocenters. The van der Waals surface area contributed by atoms with Gasteiger partial charge in [-0.05, 0) is 42.7 Å². The Labute approximate surface area is 161 Å². The molecular weight excluding hydrogens is 360 g/mol. The molecule has 1 amide bonds. The lowest BCUT2D eigenvalue weighted by Crippen LogP contribution is -2.22. The van der Waals surface area contributed by atoms with E-state index in [1.54, 1.807) is 28.8 Å². The molecule has 0 aliphatic carbocycles. The van der Waals surface area contributed by atoms with Crippen molar-refractivity contribution in [1.29, 1.82) is 0 Å². The standard InChI is InChI=1S/C21H22N2O3S/c1-3-4-8-15-11-12-17-18(13-15)27-21(23(17)14-19(24)26-2)22-20(25)16-9-6-5-7-10-16/h5-7,9-13H,3-4,8,14H2,1-2H3. The second-order valence-electron chi connectivity index (χ2n) is 6.24. The Morgan fingerprint density at radius 3 is 2.63 bits per heavy atom. The molecule has 0 radical (unpaired) electrons. The number of hydrogen-bond donors (Lipinski definition) is 0. The van der Waals surface area contributed by atoms with E-state index >= 15 is 0 Å². The third-order valence-corrected chi connectivity index (χ3v) is 5.34. The normalized spacial score (nSPS) is 11.7. The number of thiazole rings is 1. The molecular formula is C21H22N2O3S. The Balaban J connectivity index is 2.08. The van der Waals surface area contributed by atoms with Gasteiger partial charge in [-0.1, -0.05) is 48.9 Å². The molecule has 3 aromatic rings. The topological polar surface area (TPSA) is 60.7 Å². The van der Waals surface area contributed by atoms with Crippen LogP contribution in [0.3, 0.4) is 0 Å². The lowest BCUT2D eigenvalue weighted by atomic mass is 10.1. The first-order valence-electron chi connectivity index (χ1n) is 8.95. The summed E-state index contributed by atoms with van der Waals surface area (Å²) >= 11 is 1.41. The number of methoxy groups -OCH3 is 1. The molecule has 0 bridgehead atoms. The van der Waals surface area contributed by atoms with Gasteiger partial charge >= 0.3 is 5.97 Å². The SMILES string of the molecule is CCCCc1ccc2c(c1)sc(=NC(=O)c1ccccc1)n2CC(=O)OC. The maximum absolute atomic E-state index is 12.5. The summed E-state index contributed by atoms with van der Waals surface area (Å²) < 4.78 is 7.57. The fourth-order valence-electron chi connectivity index (χ4n) is 2.82. The van der Waals surface area contributed by atoms with Crippen molar-refractivity contribution < 1.29 is 14.3 Å². The number of unbranched alkanes of at least 4 members (excludes halogenated alkanes) is 1. The quantitative estimate of drug-likeness (QED) is 0.606. The number of hydrogen-bond acceptors (Lipinski definition) is 4. The minimum atomic E-state index is -0.377. The summed E-state index contributed by atoms with van der Waals surface area (Å²) in [7, 11) is 1.35. The van der Waals surface area contributed by atoms with Gasteiger partial charge in [0.2, 0.25) is 0 Å². The smallest absolute Gasteiger partial charge is 0.325 e. The van der Waals surface area contributed by atoms with Gasteiger partial charge in [-0.3, -0.25) is 9.59 Å². The second-order valence-corrected chi connectivity index (χ2v) is 7.24. The number of rotatable bonds is 6. The molecule has 0 fully saturated rings. The van der Waals surface area contributed by atoms with Crippen LogP contribution in [0.5, 0.6) is 0 Å². The van der Waals surface area contributed by atoms with Crippen molar-refractivity contribution in [2.24, 2.45) is 4.99 Å². The zero-order valence-electron chi connectivity index (χ0n) is 15.5. The predicted molar refractivity (Wildman–Crippen MR) is 107 cm³/mol. The Morgan fingerprint density at radius 1 is 1.15 bits per heavy atom. The number of ether oxygens (including phenoxy) is 1. The highest BCUT2D eigenvalue weighted by Crippen LogP contribution is 2.21. The molecule has 27 heavy (non-hydrogen) atoms. The highest BCUT2D eigenvalue weighted by atomic mass is 32.1. The molecule has 0 spiro atoms. The molecule has 0 aliphatic heterocycles. The van der Waals surface area contributed by atoms with E-state index in [9.17, 15) is 9.59 Å². The summed E-state index contributed by atoms with van der Waals surface area (Å²) in [5.74, 6) is -0.703. The van der Waals surface area contributed by atoms with E-state index in [2.05, 4.69) is 24.0 Å². The first-order valence-corrected chi connectivity index (χ1v) is 9.77. The number of carbonyl (C=O) groups is 2. The van der Waals surface area contributed by atoms with Crippen molar-refractivity contribution in [1.82, 2.24) is 4.57 Å². The van der Waals surface area contributed by atoms with Gasteiger partial charge in [0.25, 0.3) is 5.91 Å². The zero-order chi connectivity index (χ0) is 19.2. The third kappa shape index (κ3) is 4.52. The molecule has 0 N–H and O–H groups in total. The van der Waals surface area contributed by atoms with Crippen molar-refractivity contribution in [3.05, 3.63) is 64.5 Å². The van der Waals surface area contributed by atoms with Gasteiger partial charge in [0, 0.05) is 5.56 Å². The van der Waals surface area contributed by atoms with Crippen molar-refractivity contribution >= 4 is 33.4 Å². The summed E-state index contributed by atoms with van der Waals surface area (Å²) in [4.78, 5) is 29.2. The maximum atomic E-state index is 12.5. The number of fused-ring (bicyclic) bond motifs is 1. The monoisotopic (exact) mass is 382 g/mol. The number of benzene rings is 2. The molecule has 0 unspecified atom stereocenters. The second kappa shape index (κ2) is 8.77. The van der Waals surface area contributed by atoms with E-state index in [1.165, 1.54) is 24.0 Å². The molecule has 3 rings (SSSR count). The van der Waals surface area contributed by atoms with Crippen LogP contribution in [-0.4, -0.2) is 23.6 Å². The number of aromatic nitrogens is 1. The average Bonchev–Trinajstić information content (AvgIpc) is 3.03. The van der Waals surface area contributed by atoms with Crippen LogP contribution in [-0.2, 0) is 22.5 Å². The van der Waals surface area contributed by atoms with Crippen molar-refractivity contribution in [3.63, 3.8) is 0 Å². The lowest BCUT2D eigenvalue weighted by Gasteiger charge is -2.05. The Morgan fingerprint density at radius 2 is 1.93 bits per heavy atom. The van der Waals surface area contributed by atoms with Gasteiger partial charge in [0.15, 0.2) is 4.80 Å². The fourth-order valence-corrected chi connectivity index (χ4v) is 3.91. The van der Waals surface area contributed by atoms with Gasteiger partial charge in [-0.25, -0.2) is 0 Å². The molecule has 0 saturated heterocycles. The molecule has 140 valence electrons. The molecule has 0 saturated carbocycles. The first-order chi connectivity index (χ1) is 13.1. The van der Waals surface area contributed by atoms with Crippen LogP contribution >= 0.6 is 11.3 Å². The molecule has 2 aromatic carbocycles. The van der Waals surface area contributed by atoms with Crippen LogP contribution in [0.4, 0.5) is 0 Å². The number of aryl methyl sites for hydroxylation is 1. The summed E-state index contributed by atoms with van der Waals surface area (Å²) in [6, 6.07) is 15.1. The highest BCUT2D eigenvalue weighted by molar-refractivity contribution is 7.16. The predicted octanol–water partition coefficient (Wildman–Crippen LogP) is 3.96. The first kappa shape index (κ1) is 19.0. The van der Waals surface area contributed by atoms with Crippen molar-refractivity contribution in [3.8, 4) is 0 Å². The summed E-state index contributed by atoms with van der Waals surface area (Å²) in [5.41, 5.74) is 2.64. The minimum absolute atomic E-state index is 0.0196. The van der Waals surface area contributed by atoms with E-state index < -0.39 is 0 Å². The summed E-state index contributed by atoms with van der Waals surface area (Å²) in [6.07, 6.45) is 3.27. The molecule has 0 aliphatic rings. The Hall–Kier alpha value is -2.73. The average molecular weight is 382 g/mol. The van der Waals surface area contributed by atoms with E-state index in [1.807, 2.05) is 12.1 Å². The van der Waals surface area contributed by atoms with E-state index in [0.29, 0.717) is 10.4 Å². The van der Waals surface area contributed by atoms with Gasteiger partial charge in [-0.2, -0.15) is 4.99 Å². The van der Waals surface area contributed by atoms with Crippen molar-refractivity contribution in [2.75, 3.05) is 7.11 Å². The number of carbonyl (C=O) groups excluding carboxylic acids is 2. The highest BCUT2D eigenvalue weighted by Gasteiger charge is 2.13. The Bertz CT molecular complexity index is 1020. The van der Waals surface area contributed by atoms with E-state index in [-0.39, 0.29) is 18.4 Å². The third-order valence-electron chi connectivity index (χ3n) is 4.30. The maximum Gasteiger partial charge on any atom is 0.325 e. The van der Waals surface area contributed by atoms with Gasteiger partial charge in [-0.15, -0.1) is 0 Å². The zero-order valence-corrected chi connectivity index (χ0v) is 16.3. The van der Waals surface area contributed by atoms with Gasteiger partial charge < -0.3 is 9.30 Å².